The summed E-state index contributed by atoms with van der Waals surface area (Å²) in [5.74, 6) is -0.218. The van der Waals surface area contributed by atoms with Gasteiger partial charge in [0, 0.05) is 6.42 Å². The molecule has 0 aromatic carbocycles. The van der Waals surface area contributed by atoms with E-state index in [2.05, 4.69) is 55.6 Å². The summed E-state index contributed by atoms with van der Waals surface area (Å²) in [6, 6.07) is -0.910. The lowest BCUT2D eigenvalue weighted by Gasteiger charge is -2.29. The average Bonchev–Trinajstić information content (AvgIpc) is 3.13. The fourth-order valence-corrected chi connectivity index (χ4v) is 6.84. The van der Waals surface area contributed by atoms with E-state index in [9.17, 15) is 19.4 Å². The Labute approximate surface area is 339 Å². The third-order valence-corrected chi connectivity index (χ3v) is 10.7. The van der Waals surface area contributed by atoms with Crippen LogP contribution < -0.4 is 10.2 Å². The number of carbonyl (C=O) groups is 1. The molecule has 0 heterocycles. The van der Waals surface area contributed by atoms with E-state index in [1.165, 1.54) is 116 Å². The largest absolute Gasteiger partial charge is 0.756 e. The van der Waals surface area contributed by atoms with Crippen LogP contribution in [0.3, 0.4) is 0 Å². The number of aliphatic hydroxyl groups is 1. The standard InChI is InChI=1S/C46H87N2O6P/c1-6-8-10-12-14-16-18-20-21-22-23-24-25-26-28-30-32-34-36-38-40-46(50)47-44(43-54-55(51,52)53-42-41-48(3,4)5)45(49)39-37-35-33-31-29-27-19-17-15-13-11-9-7-2/h15,17,23-24,29,31,37,39,44-45,49H,6-14,16,18-22,25-28,30,32-36,38,40-43H2,1-5H3,(H-,47,50,51,52)/b17-15+,24-23-,31-29+,39-37+. The maximum Gasteiger partial charge on any atom is 0.268 e. The summed E-state index contributed by atoms with van der Waals surface area (Å²) in [5, 5.41) is 13.7. The first-order chi connectivity index (χ1) is 26.5. The molecule has 8 nitrogen and oxygen atoms in total. The number of carbonyl (C=O) groups excluding carboxylic acids is 1. The van der Waals surface area contributed by atoms with E-state index in [4.69, 9.17) is 9.05 Å². The van der Waals surface area contributed by atoms with E-state index in [1.54, 1.807) is 6.08 Å². The minimum absolute atomic E-state index is 0.0109. The van der Waals surface area contributed by atoms with Crippen LogP contribution in [0.5, 0.6) is 0 Å². The monoisotopic (exact) mass is 795 g/mol. The number of unbranched alkanes of at least 4 members (excludes halogenated alkanes) is 21. The van der Waals surface area contributed by atoms with Crippen LogP contribution in [0.1, 0.15) is 187 Å². The molecule has 3 unspecified atom stereocenters. The molecule has 0 rings (SSSR count). The summed E-state index contributed by atoms with van der Waals surface area (Å²) in [6.07, 6.45) is 47.3. The number of allylic oxidation sites excluding steroid dienone is 7. The first kappa shape index (κ1) is 53.5. The smallest absolute Gasteiger partial charge is 0.268 e. The minimum Gasteiger partial charge on any atom is -0.756 e. The molecule has 0 bridgehead atoms. The summed E-state index contributed by atoms with van der Waals surface area (Å²) >= 11 is 0. The molecule has 0 saturated heterocycles. The number of quaternary nitrogens is 1. The summed E-state index contributed by atoms with van der Waals surface area (Å²) < 4.78 is 23.1. The van der Waals surface area contributed by atoms with Gasteiger partial charge < -0.3 is 28.8 Å². The highest BCUT2D eigenvalue weighted by Crippen LogP contribution is 2.38. The van der Waals surface area contributed by atoms with E-state index < -0.39 is 26.6 Å². The Balaban J connectivity index is 4.42. The number of amides is 1. The van der Waals surface area contributed by atoms with Gasteiger partial charge in [0.25, 0.3) is 7.82 Å². The molecule has 1 amide bonds. The third-order valence-electron chi connectivity index (χ3n) is 9.74. The van der Waals surface area contributed by atoms with Crippen molar-refractivity contribution >= 4 is 13.7 Å². The SMILES string of the molecule is CCCCC/C=C/CC/C=C/CC/C=C/C(O)C(COP(=O)([O-])OCC[N+](C)(C)C)NC(=O)CCCCCCCCC/C=C\CCCCCCCCCCC. The molecular weight excluding hydrogens is 707 g/mol. The Bertz CT molecular complexity index is 1040. The Morgan fingerprint density at radius 1 is 0.618 bits per heavy atom. The lowest BCUT2D eigenvalue weighted by atomic mass is 10.1. The second-order valence-corrected chi connectivity index (χ2v) is 17.8. The van der Waals surface area contributed by atoms with Crippen molar-refractivity contribution in [3.63, 3.8) is 0 Å². The molecule has 0 spiro atoms. The van der Waals surface area contributed by atoms with Crippen molar-refractivity contribution in [1.29, 1.82) is 0 Å². The number of nitrogens with one attached hydrogen (secondary N) is 1. The molecule has 0 aromatic heterocycles. The van der Waals surface area contributed by atoms with Crippen LogP contribution in [0, 0.1) is 0 Å². The molecule has 0 aliphatic rings. The van der Waals surface area contributed by atoms with Gasteiger partial charge in [-0.05, 0) is 70.6 Å². The lowest BCUT2D eigenvalue weighted by molar-refractivity contribution is -0.870. The second-order valence-electron chi connectivity index (χ2n) is 16.4. The van der Waals surface area contributed by atoms with E-state index in [-0.39, 0.29) is 12.5 Å². The zero-order valence-electron chi connectivity index (χ0n) is 36.4. The highest BCUT2D eigenvalue weighted by atomic mass is 31.2. The molecule has 0 saturated carbocycles. The van der Waals surface area contributed by atoms with Crippen molar-refractivity contribution < 1.29 is 32.9 Å². The molecule has 0 aliphatic heterocycles. The topological polar surface area (TPSA) is 108 Å². The van der Waals surface area contributed by atoms with Gasteiger partial charge in [0.05, 0.1) is 39.9 Å². The number of aliphatic hydroxyl groups excluding tert-OH is 1. The predicted octanol–water partition coefficient (Wildman–Crippen LogP) is 11.8. The quantitative estimate of drug-likeness (QED) is 0.0277. The van der Waals surface area contributed by atoms with Crippen molar-refractivity contribution in [3.8, 4) is 0 Å². The number of nitrogens with zero attached hydrogens (tertiary/aromatic N) is 1. The first-order valence-electron chi connectivity index (χ1n) is 22.5. The molecule has 0 fully saturated rings. The summed E-state index contributed by atoms with van der Waals surface area (Å²) in [5.41, 5.74) is 0. The number of phosphoric ester groups is 1. The molecule has 0 aromatic rings. The highest BCUT2D eigenvalue weighted by Gasteiger charge is 2.23. The summed E-state index contributed by atoms with van der Waals surface area (Å²) in [4.78, 5) is 25.3. The normalized spacial score (nSPS) is 14.8. The third kappa shape index (κ3) is 40.5. The van der Waals surface area contributed by atoms with Gasteiger partial charge in [-0.25, -0.2) is 0 Å². The van der Waals surface area contributed by atoms with Crippen molar-refractivity contribution in [3.05, 3.63) is 48.6 Å². The summed E-state index contributed by atoms with van der Waals surface area (Å²) in [6.45, 7) is 4.57. The zero-order chi connectivity index (χ0) is 40.7. The number of phosphoric acid groups is 1. The van der Waals surface area contributed by atoms with Crippen molar-refractivity contribution in [1.82, 2.24) is 5.32 Å². The van der Waals surface area contributed by atoms with E-state index in [0.29, 0.717) is 17.4 Å². The van der Waals surface area contributed by atoms with Gasteiger partial charge in [-0.15, -0.1) is 0 Å². The zero-order valence-corrected chi connectivity index (χ0v) is 37.3. The van der Waals surface area contributed by atoms with E-state index in [0.717, 1.165) is 51.4 Å². The van der Waals surface area contributed by atoms with Crippen LogP contribution >= 0.6 is 7.82 Å². The van der Waals surface area contributed by atoms with Gasteiger partial charge in [0.1, 0.15) is 13.2 Å². The van der Waals surface area contributed by atoms with Crippen LogP contribution in [-0.2, 0) is 18.4 Å². The molecule has 322 valence electrons. The average molecular weight is 795 g/mol. The van der Waals surface area contributed by atoms with Crippen molar-refractivity contribution in [2.45, 2.75) is 199 Å². The lowest BCUT2D eigenvalue weighted by Crippen LogP contribution is -2.45. The van der Waals surface area contributed by atoms with Crippen molar-refractivity contribution in [2.75, 3.05) is 40.9 Å². The molecule has 0 aliphatic carbocycles. The van der Waals surface area contributed by atoms with E-state index in [1.807, 2.05) is 27.2 Å². The van der Waals surface area contributed by atoms with Crippen LogP contribution in [0.4, 0.5) is 0 Å². The van der Waals surface area contributed by atoms with Crippen LogP contribution in [0.2, 0.25) is 0 Å². The first-order valence-corrected chi connectivity index (χ1v) is 24.0. The number of rotatable bonds is 40. The van der Waals surface area contributed by atoms with Gasteiger partial charge >= 0.3 is 0 Å². The van der Waals surface area contributed by atoms with Crippen LogP contribution in [0.15, 0.2) is 48.6 Å². The molecule has 55 heavy (non-hydrogen) atoms. The molecule has 0 radical (unpaired) electrons. The van der Waals surface area contributed by atoms with Crippen LogP contribution in [-0.4, -0.2) is 68.5 Å². The van der Waals surface area contributed by atoms with Gasteiger partial charge in [0.15, 0.2) is 0 Å². The van der Waals surface area contributed by atoms with Gasteiger partial charge in [-0.1, -0.05) is 159 Å². The number of likely N-dealkylation sites (N-methyl/N-ethyl adjacent to an activating group) is 1. The number of hydrogen-bond acceptors (Lipinski definition) is 6. The second kappa shape index (κ2) is 38.0. The minimum atomic E-state index is -4.60. The summed E-state index contributed by atoms with van der Waals surface area (Å²) in [7, 11) is 1.23. The molecule has 2 N–H and O–H groups in total. The fourth-order valence-electron chi connectivity index (χ4n) is 6.12. The molecule has 9 heteroatoms. The molecular formula is C46H87N2O6P. The fraction of sp³-hybridized carbons (Fsp3) is 0.804. The van der Waals surface area contributed by atoms with Crippen molar-refractivity contribution in [2.24, 2.45) is 0 Å². The Hall–Kier alpha value is -1.54. The van der Waals surface area contributed by atoms with Gasteiger partial charge in [-0.3, -0.25) is 9.36 Å². The predicted molar refractivity (Wildman–Crippen MR) is 233 cm³/mol. The van der Waals surface area contributed by atoms with Gasteiger partial charge in [-0.2, -0.15) is 0 Å². The Morgan fingerprint density at radius 3 is 1.51 bits per heavy atom. The maximum absolute atomic E-state index is 12.8. The van der Waals surface area contributed by atoms with Crippen LogP contribution in [0.25, 0.3) is 0 Å². The Morgan fingerprint density at radius 2 is 1.02 bits per heavy atom. The highest BCUT2D eigenvalue weighted by molar-refractivity contribution is 7.45. The van der Waals surface area contributed by atoms with E-state index >= 15 is 0 Å². The maximum atomic E-state index is 12.8. The Kier molecular flexibility index (Phi) is 36.9. The molecule has 3 atom stereocenters. The number of hydrogen-bond donors (Lipinski definition) is 2. The van der Waals surface area contributed by atoms with Gasteiger partial charge in [0.2, 0.25) is 5.91 Å².